The molecule has 6 nitrogen and oxygen atoms in total. The van der Waals surface area contributed by atoms with Crippen LogP contribution in [0.15, 0.2) is 0 Å². The number of amides is 1. The SMILES string of the molecule is N#CNC1NC2C(C(N)=O)CCCC2S1=O. The molecule has 0 spiro atoms. The highest BCUT2D eigenvalue weighted by Crippen LogP contribution is 2.32. The second kappa shape index (κ2) is 4.39. The molecule has 5 atom stereocenters. The summed E-state index contributed by atoms with van der Waals surface area (Å²) in [6, 6.07) is -0.155. The van der Waals surface area contributed by atoms with Gasteiger partial charge in [-0.05, 0) is 12.8 Å². The normalized spacial score (nSPS) is 42.1. The van der Waals surface area contributed by atoms with Crippen molar-refractivity contribution in [2.45, 2.75) is 36.1 Å². The maximum Gasteiger partial charge on any atom is 0.222 e. The molecule has 0 bridgehead atoms. The highest BCUT2D eigenvalue weighted by Gasteiger charge is 2.47. The van der Waals surface area contributed by atoms with Crippen LogP contribution in [-0.4, -0.2) is 26.9 Å². The lowest BCUT2D eigenvalue weighted by Crippen LogP contribution is -2.49. The molecule has 0 radical (unpaired) electrons. The summed E-state index contributed by atoms with van der Waals surface area (Å²) in [4.78, 5) is 11.3. The van der Waals surface area contributed by atoms with Gasteiger partial charge >= 0.3 is 0 Å². The van der Waals surface area contributed by atoms with Crippen molar-refractivity contribution in [3.63, 3.8) is 0 Å². The minimum Gasteiger partial charge on any atom is -0.369 e. The standard InChI is InChI=1S/C9H14N4O2S/c10-4-12-9-13-7-5(8(11)14)2-1-3-6(7)16(9)15/h5-7,9,12-13H,1-3H2,(H2,11,14). The van der Waals surface area contributed by atoms with Crippen molar-refractivity contribution in [3.8, 4) is 6.19 Å². The predicted molar refractivity (Wildman–Crippen MR) is 57.9 cm³/mol. The molecular formula is C9H14N4O2S. The third-order valence-electron chi connectivity index (χ3n) is 3.27. The summed E-state index contributed by atoms with van der Waals surface area (Å²) in [5.74, 6) is -0.620. The number of nitrogens with two attached hydrogens (primary N) is 1. The summed E-state index contributed by atoms with van der Waals surface area (Å²) in [6.45, 7) is 0. The van der Waals surface area contributed by atoms with E-state index in [2.05, 4.69) is 10.6 Å². The highest BCUT2D eigenvalue weighted by molar-refractivity contribution is 7.86. The maximum atomic E-state index is 12.0. The molecule has 1 heterocycles. The summed E-state index contributed by atoms with van der Waals surface area (Å²) < 4.78 is 12.0. The Morgan fingerprint density at radius 3 is 2.94 bits per heavy atom. The molecule has 2 rings (SSSR count). The Hall–Kier alpha value is -1.13. The van der Waals surface area contributed by atoms with E-state index in [1.165, 1.54) is 0 Å². The summed E-state index contributed by atoms with van der Waals surface area (Å²) >= 11 is 0. The molecule has 0 aromatic rings. The second-order valence-electron chi connectivity index (χ2n) is 4.14. The molecule has 1 aliphatic carbocycles. The second-order valence-corrected chi connectivity index (χ2v) is 5.87. The van der Waals surface area contributed by atoms with Gasteiger partial charge in [0, 0.05) is 6.04 Å². The van der Waals surface area contributed by atoms with Crippen LogP contribution in [0.25, 0.3) is 0 Å². The maximum absolute atomic E-state index is 12.0. The molecule has 1 amide bonds. The van der Waals surface area contributed by atoms with Crippen molar-refractivity contribution in [1.82, 2.24) is 10.6 Å². The first-order chi connectivity index (χ1) is 7.65. The monoisotopic (exact) mass is 242 g/mol. The zero-order valence-corrected chi connectivity index (χ0v) is 9.50. The molecule has 4 N–H and O–H groups in total. The molecule has 1 aliphatic heterocycles. The summed E-state index contributed by atoms with van der Waals surface area (Å²) in [6.07, 6.45) is 4.19. The van der Waals surface area contributed by atoms with Crippen LogP contribution in [0.1, 0.15) is 19.3 Å². The van der Waals surface area contributed by atoms with Gasteiger partial charge in [0.25, 0.3) is 0 Å². The minimum absolute atomic E-state index is 0.0721. The van der Waals surface area contributed by atoms with Gasteiger partial charge in [-0.2, -0.15) is 5.26 Å². The van der Waals surface area contributed by atoms with Crippen molar-refractivity contribution < 1.29 is 9.00 Å². The van der Waals surface area contributed by atoms with Gasteiger partial charge < -0.3 is 5.73 Å². The van der Waals surface area contributed by atoms with E-state index in [1.807, 2.05) is 0 Å². The molecule has 7 heteroatoms. The number of carbonyl (C=O) groups is 1. The number of fused-ring (bicyclic) bond motifs is 1. The first kappa shape index (κ1) is 11.4. The minimum atomic E-state index is -1.17. The first-order valence-electron chi connectivity index (χ1n) is 5.24. The first-order valence-corrected chi connectivity index (χ1v) is 6.52. The van der Waals surface area contributed by atoms with Crippen LogP contribution in [0.4, 0.5) is 0 Å². The van der Waals surface area contributed by atoms with E-state index < -0.39 is 16.3 Å². The zero-order valence-electron chi connectivity index (χ0n) is 8.68. The number of nitriles is 1. The van der Waals surface area contributed by atoms with Gasteiger partial charge in [0.1, 0.15) is 0 Å². The molecular weight excluding hydrogens is 228 g/mol. The molecule has 2 fully saturated rings. The van der Waals surface area contributed by atoms with Gasteiger partial charge in [0.05, 0.1) is 22.0 Å². The van der Waals surface area contributed by atoms with Crippen LogP contribution < -0.4 is 16.4 Å². The number of primary amides is 1. The molecule has 2 aliphatic rings. The Labute approximate surface area is 96.0 Å². The van der Waals surface area contributed by atoms with Crippen LogP contribution >= 0.6 is 0 Å². The lowest BCUT2D eigenvalue weighted by molar-refractivity contribution is -0.123. The van der Waals surface area contributed by atoms with Crippen LogP contribution in [0.2, 0.25) is 0 Å². The number of carbonyl (C=O) groups excluding carboxylic acids is 1. The van der Waals surface area contributed by atoms with E-state index >= 15 is 0 Å². The van der Waals surface area contributed by atoms with Crippen LogP contribution in [0.5, 0.6) is 0 Å². The van der Waals surface area contributed by atoms with Crippen molar-refractivity contribution in [2.24, 2.45) is 11.7 Å². The fraction of sp³-hybridized carbons (Fsp3) is 0.778. The topological polar surface area (TPSA) is 108 Å². The quantitative estimate of drug-likeness (QED) is 0.412. The van der Waals surface area contributed by atoms with Crippen molar-refractivity contribution in [3.05, 3.63) is 0 Å². The molecule has 1 saturated carbocycles. The summed E-state index contributed by atoms with van der Waals surface area (Å²) in [5.41, 5.74) is 4.78. The zero-order chi connectivity index (χ0) is 11.7. The summed E-state index contributed by atoms with van der Waals surface area (Å²) in [7, 11) is -1.17. The Morgan fingerprint density at radius 1 is 1.56 bits per heavy atom. The lowest BCUT2D eigenvalue weighted by Gasteiger charge is -2.29. The van der Waals surface area contributed by atoms with Gasteiger partial charge in [-0.25, -0.2) is 0 Å². The molecule has 0 aromatic heterocycles. The van der Waals surface area contributed by atoms with Gasteiger partial charge in [0.15, 0.2) is 11.7 Å². The molecule has 0 aromatic carbocycles. The number of nitrogens with zero attached hydrogens (tertiary/aromatic N) is 1. The Balaban J connectivity index is 2.16. The smallest absolute Gasteiger partial charge is 0.222 e. The van der Waals surface area contributed by atoms with Crippen LogP contribution in [0, 0.1) is 17.4 Å². The Kier molecular flexibility index (Phi) is 3.12. The summed E-state index contributed by atoms with van der Waals surface area (Å²) in [5, 5.41) is 13.9. The average Bonchev–Trinajstić information content (AvgIpc) is 2.57. The average molecular weight is 242 g/mol. The fourth-order valence-electron chi connectivity index (χ4n) is 2.54. The van der Waals surface area contributed by atoms with Gasteiger partial charge in [0.2, 0.25) is 5.91 Å². The third kappa shape index (κ3) is 1.79. The van der Waals surface area contributed by atoms with E-state index in [-0.39, 0.29) is 23.1 Å². The number of hydrogen-bond donors (Lipinski definition) is 3. The van der Waals surface area contributed by atoms with E-state index in [9.17, 15) is 9.00 Å². The lowest BCUT2D eigenvalue weighted by atomic mass is 9.84. The largest absolute Gasteiger partial charge is 0.369 e. The van der Waals surface area contributed by atoms with E-state index in [4.69, 9.17) is 11.0 Å². The van der Waals surface area contributed by atoms with E-state index in [1.54, 1.807) is 6.19 Å². The van der Waals surface area contributed by atoms with Gasteiger partial charge in [-0.3, -0.25) is 19.6 Å². The van der Waals surface area contributed by atoms with E-state index in [0.29, 0.717) is 0 Å². The van der Waals surface area contributed by atoms with Gasteiger partial charge in [-0.1, -0.05) is 6.42 Å². The predicted octanol–water partition coefficient (Wildman–Crippen LogP) is -1.28. The van der Waals surface area contributed by atoms with Crippen molar-refractivity contribution in [2.75, 3.05) is 0 Å². The number of rotatable bonds is 2. The molecule has 1 saturated heterocycles. The van der Waals surface area contributed by atoms with E-state index in [0.717, 1.165) is 19.3 Å². The highest BCUT2D eigenvalue weighted by atomic mass is 32.2. The van der Waals surface area contributed by atoms with Crippen LogP contribution in [-0.2, 0) is 15.6 Å². The molecule has 5 unspecified atom stereocenters. The number of nitrogens with one attached hydrogen (secondary N) is 2. The van der Waals surface area contributed by atoms with Crippen LogP contribution in [0.3, 0.4) is 0 Å². The van der Waals surface area contributed by atoms with Crippen molar-refractivity contribution >= 4 is 16.7 Å². The Bertz CT molecular complexity index is 367. The molecule has 16 heavy (non-hydrogen) atoms. The third-order valence-corrected chi connectivity index (χ3v) is 5.12. The Morgan fingerprint density at radius 2 is 2.31 bits per heavy atom. The van der Waals surface area contributed by atoms with Crippen molar-refractivity contribution in [1.29, 1.82) is 5.26 Å². The number of hydrogen-bond acceptors (Lipinski definition) is 5. The van der Waals surface area contributed by atoms with Gasteiger partial charge in [-0.15, -0.1) is 0 Å². The fourth-order valence-corrected chi connectivity index (χ4v) is 4.30. The molecule has 88 valence electrons.